The van der Waals surface area contributed by atoms with Crippen molar-refractivity contribution in [3.05, 3.63) is 72.6 Å². The Morgan fingerprint density at radius 1 is 1.08 bits per heavy atom. The van der Waals surface area contributed by atoms with E-state index in [4.69, 9.17) is 9.47 Å². The second-order valence-corrected chi connectivity index (χ2v) is 6.11. The fourth-order valence-corrected chi connectivity index (χ4v) is 2.85. The summed E-state index contributed by atoms with van der Waals surface area (Å²) in [6.45, 7) is 0.715. The third-order valence-electron chi connectivity index (χ3n) is 4.20. The molecule has 0 fully saturated rings. The third kappa shape index (κ3) is 3.35. The van der Waals surface area contributed by atoms with Gasteiger partial charge in [0.25, 0.3) is 0 Å². The molecule has 0 saturated carbocycles. The van der Waals surface area contributed by atoms with Gasteiger partial charge in [0.15, 0.2) is 11.5 Å². The van der Waals surface area contributed by atoms with E-state index in [2.05, 4.69) is 5.32 Å². The van der Waals surface area contributed by atoms with Gasteiger partial charge in [0.1, 0.15) is 0 Å². The number of nitrogens with one attached hydrogen (secondary N) is 1. The van der Waals surface area contributed by atoms with E-state index in [-0.39, 0.29) is 12.8 Å². The maximum Gasteiger partial charge on any atom is 0.321 e. The van der Waals surface area contributed by atoms with Crippen LogP contribution in [0.25, 0.3) is 5.69 Å². The molecular weight excluding hydrogens is 330 g/mol. The second-order valence-electron chi connectivity index (χ2n) is 6.11. The highest BCUT2D eigenvalue weighted by atomic mass is 16.7. The van der Waals surface area contributed by atoms with Crippen molar-refractivity contribution >= 4 is 11.7 Å². The Morgan fingerprint density at radius 2 is 1.88 bits per heavy atom. The maximum atomic E-state index is 12.5. The first-order valence-electron chi connectivity index (χ1n) is 8.33. The minimum absolute atomic E-state index is 0.174. The van der Waals surface area contributed by atoms with Gasteiger partial charge < -0.3 is 24.3 Å². The van der Waals surface area contributed by atoms with Crippen LogP contribution in [0.15, 0.2) is 67.0 Å². The number of hydrogen-bond donors (Lipinski definition) is 1. The number of urea groups is 1. The number of ether oxygens (including phenoxy) is 2. The number of fused-ring (bicyclic) bond motifs is 1. The molecule has 1 aromatic heterocycles. The van der Waals surface area contributed by atoms with Crippen LogP contribution in [0.5, 0.6) is 11.5 Å². The van der Waals surface area contributed by atoms with Gasteiger partial charge in [0, 0.05) is 37.4 Å². The topological polar surface area (TPSA) is 55.7 Å². The highest BCUT2D eigenvalue weighted by Gasteiger charge is 2.15. The quantitative estimate of drug-likeness (QED) is 0.778. The molecule has 6 heteroatoms. The highest BCUT2D eigenvalue weighted by molar-refractivity contribution is 5.89. The van der Waals surface area contributed by atoms with Crippen molar-refractivity contribution in [3.8, 4) is 17.2 Å². The summed E-state index contributed by atoms with van der Waals surface area (Å²) in [7, 11) is 1.76. The Kier molecular flexibility index (Phi) is 4.23. The van der Waals surface area contributed by atoms with Gasteiger partial charge in [-0.15, -0.1) is 0 Å². The third-order valence-corrected chi connectivity index (χ3v) is 4.20. The molecule has 132 valence electrons. The molecule has 4 rings (SSSR count). The van der Waals surface area contributed by atoms with Crippen molar-refractivity contribution in [1.82, 2.24) is 9.47 Å². The molecule has 26 heavy (non-hydrogen) atoms. The van der Waals surface area contributed by atoms with Gasteiger partial charge in [-0.25, -0.2) is 4.79 Å². The standard InChI is InChI=1S/C20H19N3O3/c1-22(13-15-7-8-18-19(11-15)26-14-25-18)20(24)21-16-5-4-6-17(12-16)23-9-2-3-10-23/h2-12H,13-14H2,1H3,(H,21,24). The summed E-state index contributed by atoms with van der Waals surface area (Å²) in [5, 5.41) is 2.93. The summed E-state index contributed by atoms with van der Waals surface area (Å²) in [5.74, 6) is 1.46. The van der Waals surface area contributed by atoms with E-state index in [0.717, 1.165) is 28.4 Å². The Morgan fingerprint density at radius 3 is 2.73 bits per heavy atom. The zero-order valence-corrected chi connectivity index (χ0v) is 14.4. The number of nitrogens with zero attached hydrogens (tertiary/aromatic N) is 2. The largest absolute Gasteiger partial charge is 0.454 e. The lowest BCUT2D eigenvalue weighted by atomic mass is 10.2. The summed E-state index contributed by atoms with van der Waals surface area (Å²) >= 11 is 0. The molecule has 6 nitrogen and oxygen atoms in total. The predicted octanol–water partition coefficient (Wildman–Crippen LogP) is 3.87. The number of amides is 2. The number of aromatic nitrogens is 1. The van der Waals surface area contributed by atoms with Crippen LogP contribution in [0.2, 0.25) is 0 Å². The molecule has 0 spiro atoms. The molecule has 0 saturated heterocycles. The normalized spacial score (nSPS) is 12.0. The fraction of sp³-hybridized carbons (Fsp3) is 0.150. The number of hydrogen-bond acceptors (Lipinski definition) is 3. The average molecular weight is 349 g/mol. The molecule has 2 aromatic carbocycles. The van der Waals surface area contributed by atoms with E-state index in [1.54, 1.807) is 11.9 Å². The predicted molar refractivity (Wildman–Crippen MR) is 98.8 cm³/mol. The summed E-state index contributed by atoms with van der Waals surface area (Å²) in [6.07, 6.45) is 3.93. The molecular formula is C20H19N3O3. The van der Waals surface area contributed by atoms with Gasteiger partial charge >= 0.3 is 6.03 Å². The van der Waals surface area contributed by atoms with E-state index in [1.807, 2.05) is 71.6 Å². The van der Waals surface area contributed by atoms with Crippen molar-refractivity contribution < 1.29 is 14.3 Å². The van der Waals surface area contributed by atoms with E-state index in [0.29, 0.717) is 6.54 Å². The van der Waals surface area contributed by atoms with Crippen molar-refractivity contribution in [1.29, 1.82) is 0 Å². The maximum absolute atomic E-state index is 12.5. The summed E-state index contributed by atoms with van der Waals surface area (Å²) in [6, 6.07) is 17.2. The molecule has 2 heterocycles. The first-order chi connectivity index (χ1) is 12.7. The first-order valence-corrected chi connectivity index (χ1v) is 8.33. The number of anilines is 1. The molecule has 0 atom stereocenters. The van der Waals surface area contributed by atoms with E-state index in [9.17, 15) is 4.79 Å². The Hall–Kier alpha value is -3.41. The van der Waals surface area contributed by atoms with Crippen LogP contribution in [0.4, 0.5) is 10.5 Å². The molecule has 1 aliphatic rings. The molecule has 1 N–H and O–H groups in total. The van der Waals surface area contributed by atoms with Crippen LogP contribution in [0.1, 0.15) is 5.56 Å². The smallest absolute Gasteiger partial charge is 0.321 e. The lowest BCUT2D eigenvalue weighted by molar-refractivity contribution is 0.174. The average Bonchev–Trinajstić information content (AvgIpc) is 3.33. The minimum Gasteiger partial charge on any atom is -0.454 e. The molecule has 3 aromatic rings. The fourth-order valence-electron chi connectivity index (χ4n) is 2.85. The van der Waals surface area contributed by atoms with E-state index >= 15 is 0 Å². The van der Waals surface area contributed by atoms with E-state index in [1.165, 1.54) is 0 Å². The van der Waals surface area contributed by atoms with Crippen LogP contribution in [0, 0.1) is 0 Å². The van der Waals surface area contributed by atoms with Crippen molar-refractivity contribution in [2.24, 2.45) is 0 Å². The SMILES string of the molecule is CN(Cc1ccc2c(c1)OCO2)C(=O)Nc1cccc(-n2cccc2)c1. The van der Waals surface area contributed by atoms with Gasteiger partial charge in [-0.1, -0.05) is 12.1 Å². The van der Waals surface area contributed by atoms with Crippen molar-refractivity contribution in [2.45, 2.75) is 6.54 Å². The van der Waals surface area contributed by atoms with Crippen LogP contribution < -0.4 is 14.8 Å². The molecule has 0 radical (unpaired) electrons. The molecule has 0 aliphatic carbocycles. The highest BCUT2D eigenvalue weighted by Crippen LogP contribution is 2.32. The second kappa shape index (κ2) is 6.84. The zero-order valence-electron chi connectivity index (χ0n) is 14.4. The molecule has 0 unspecified atom stereocenters. The minimum atomic E-state index is -0.174. The zero-order chi connectivity index (χ0) is 17.9. The monoisotopic (exact) mass is 349 g/mol. The van der Waals surface area contributed by atoms with Crippen molar-refractivity contribution in [3.63, 3.8) is 0 Å². The van der Waals surface area contributed by atoms with Crippen LogP contribution in [-0.4, -0.2) is 29.3 Å². The van der Waals surface area contributed by atoms with Crippen molar-refractivity contribution in [2.75, 3.05) is 19.2 Å². The number of benzene rings is 2. The molecule has 0 bridgehead atoms. The van der Waals surface area contributed by atoms with Gasteiger partial charge in [-0.2, -0.15) is 0 Å². The van der Waals surface area contributed by atoms with Crippen LogP contribution in [-0.2, 0) is 6.54 Å². The van der Waals surface area contributed by atoms with Gasteiger partial charge in [-0.3, -0.25) is 0 Å². The number of rotatable bonds is 4. The van der Waals surface area contributed by atoms with Gasteiger partial charge in [0.05, 0.1) is 0 Å². The number of carbonyl (C=O) groups is 1. The summed E-state index contributed by atoms with van der Waals surface area (Å²) in [4.78, 5) is 14.1. The Bertz CT molecular complexity index is 922. The van der Waals surface area contributed by atoms with Crippen LogP contribution >= 0.6 is 0 Å². The van der Waals surface area contributed by atoms with Crippen LogP contribution in [0.3, 0.4) is 0 Å². The summed E-state index contributed by atoms with van der Waals surface area (Å²) < 4.78 is 12.7. The Balaban J connectivity index is 1.42. The first kappa shape index (κ1) is 16.1. The van der Waals surface area contributed by atoms with E-state index < -0.39 is 0 Å². The lowest BCUT2D eigenvalue weighted by Gasteiger charge is -2.18. The Labute approximate surface area is 151 Å². The summed E-state index contributed by atoms with van der Waals surface area (Å²) in [5.41, 5.74) is 2.72. The number of carbonyl (C=O) groups excluding carboxylic acids is 1. The molecule has 1 aliphatic heterocycles. The van der Waals surface area contributed by atoms with Gasteiger partial charge in [-0.05, 0) is 48.0 Å². The van der Waals surface area contributed by atoms with Gasteiger partial charge in [0.2, 0.25) is 6.79 Å². The lowest BCUT2D eigenvalue weighted by Crippen LogP contribution is -2.30. The molecule has 2 amide bonds.